The number of halogens is 1. The van der Waals surface area contributed by atoms with Gasteiger partial charge in [-0.15, -0.1) is 24.0 Å². The van der Waals surface area contributed by atoms with Crippen molar-refractivity contribution in [1.82, 2.24) is 15.6 Å². The number of carbonyl (C=O) groups excluding carboxylic acids is 1. The molecule has 1 aromatic rings. The van der Waals surface area contributed by atoms with Crippen LogP contribution in [0.15, 0.2) is 23.3 Å². The first-order chi connectivity index (χ1) is 14.7. The lowest BCUT2D eigenvalue weighted by molar-refractivity contribution is -0.122. The van der Waals surface area contributed by atoms with Crippen LogP contribution in [0.4, 0.5) is 5.82 Å². The predicted octanol–water partition coefficient (Wildman–Crippen LogP) is 3.43. The third-order valence-electron chi connectivity index (χ3n) is 6.47. The van der Waals surface area contributed by atoms with Crippen molar-refractivity contribution in [3.05, 3.63) is 23.9 Å². The molecule has 0 bridgehead atoms. The highest BCUT2D eigenvalue weighted by molar-refractivity contribution is 14.0. The molecule has 0 aromatic carbocycles. The lowest BCUT2D eigenvalue weighted by Crippen LogP contribution is -2.42. The smallest absolute Gasteiger partial charge is 0.222 e. The van der Waals surface area contributed by atoms with E-state index < -0.39 is 0 Å². The molecule has 0 radical (unpaired) electrons. The van der Waals surface area contributed by atoms with E-state index in [9.17, 15) is 4.79 Å². The monoisotopic (exact) mass is 542 g/mol. The number of carbonyl (C=O) groups is 1. The van der Waals surface area contributed by atoms with Gasteiger partial charge in [0.2, 0.25) is 5.91 Å². The van der Waals surface area contributed by atoms with Gasteiger partial charge in [-0.1, -0.05) is 44.6 Å². The molecule has 1 saturated heterocycles. The average molecular weight is 543 g/mol. The molecule has 2 fully saturated rings. The van der Waals surface area contributed by atoms with Gasteiger partial charge in [0.1, 0.15) is 5.82 Å². The van der Waals surface area contributed by atoms with Crippen LogP contribution in [-0.2, 0) is 11.3 Å². The van der Waals surface area contributed by atoms with Gasteiger partial charge in [-0.25, -0.2) is 4.98 Å². The van der Waals surface area contributed by atoms with Gasteiger partial charge in [0.25, 0.3) is 0 Å². The van der Waals surface area contributed by atoms with E-state index in [-0.39, 0.29) is 35.8 Å². The number of guanidine groups is 1. The quantitative estimate of drug-likeness (QED) is 0.192. The van der Waals surface area contributed by atoms with Crippen molar-refractivity contribution in [3.8, 4) is 0 Å². The highest BCUT2D eigenvalue weighted by Crippen LogP contribution is 2.28. The van der Waals surface area contributed by atoms with Crippen molar-refractivity contribution in [1.29, 1.82) is 0 Å². The number of nitrogens with two attached hydrogens (primary N) is 1. The summed E-state index contributed by atoms with van der Waals surface area (Å²) in [5, 5.41) is 6.84. The van der Waals surface area contributed by atoms with Crippen molar-refractivity contribution in [2.24, 2.45) is 22.6 Å². The van der Waals surface area contributed by atoms with Crippen LogP contribution in [-0.4, -0.2) is 43.5 Å². The molecule has 1 unspecified atom stereocenters. The zero-order valence-corrected chi connectivity index (χ0v) is 21.1. The number of aliphatic imine (C=N–C) groups is 1. The number of piperidine rings is 1. The van der Waals surface area contributed by atoms with Crippen molar-refractivity contribution in [3.63, 3.8) is 0 Å². The zero-order chi connectivity index (χ0) is 21.2. The molecule has 8 heteroatoms. The SMILES string of the molecule is CN=C(NCCCCC1CCCC1)NCc1cccnc1N1CCCC(C(N)=O)C1.I. The summed E-state index contributed by atoms with van der Waals surface area (Å²) in [6.07, 6.45) is 13.2. The Balaban J connectivity index is 0.00000341. The Kier molecular flexibility index (Phi) is 11.4. The third kappa shape index (κ3) is 8.12. The molecular weight excluding hydrogens is 503 g/mol. The molecule has 1 atom stereocenters. The molecule has 1 amide bonds. The zero-order valence-electron chi connectivity index (χ0n) is 18.8. The predicted molar refractivity (Wildman–Crippen MR) is 138 cm³/mol. The van der Waals surface area contributed by atoms with E-state index in [0.717, 1.165) is 49.2 Å². The number of anilines is 1. The maximum absolute atomic E-state index is 11.6. The summed E-state index contributed by atoms with van der Waals surface area (Å²) in [6, 6.07) is 4.04. The van der Waals surface area contributed by atoms with Crippen LogP contribution in [0.2, 0.25) is 0 Å². The molecule has 174 valence electrons. The number of pyridine rings is 1. The molecule has 0 spiro atoms. The summed E-state index contributed by atoms with van der Waals surface area (Å²) in [6.45, 7) is 3.14. The molecule has 1 aromatic heterocycles. The second-order valence-corrected chi connectivity index (χ2v) is 8.67. The summed E-state index contributed by atoms with van der Waals surface area (Å²) in [5.41, 5.74) is 6.65. The highest BCUT2D eigenvalue weighted by atomic mass is 127. The Hall–Kier alpha value is -1.58. The Morgan fingerprint density at radius 1 is 1.23 bits per heavy atom. The van der Waals surface area contributed by atoms with Gasteiger partial charge < -0.3 is 21.3 Å². The van der Waals surface area contributed by atoms with E-state index in [4.69, 9.17) is 5.73 Å². The maximum atomic E-state index is 11.6. The number of nitrogens with zero attached hydrogens (tertiary/aromatic N) is 3. The van der Waals surface area contributed by atoms with Crippen LogP contribution in [0.5, 0.6) is 0 Å². The first-order valence-corrected chi connectivity index (χ1v) is 11.6. The summed E-state index contributed by atoms with van der Waals surface area (Å²) in [7, 11) is 1.81. The van der Waals surface area contributed by atoms with Crippen LogP contribution in [0.3, 0.4) is 0 Å². The van der Waals surface area contributed by atoms with Gasteiger partial charge in [0.05, 0.1) is 5.92 Å². The summed E-state index contributed by atoms with van der Waals surface area (Å²) in [4.78, 5) is 22.8. The molecule has 2 heterocycles. The van der Waals surface area contributed by atoms with Gasteiger partial charge in [-0.2, -0.15) is 0 Å². The number of hydrogen-bond donors (Lipinski definition) is 3. The standard InChI is InChI=1S/C23H38N6O.HI/c1-25-23(27-13-5-4-10-18-8-2-3-9-18)28-16-19-11-6-14-26-22(19)29-15-7-12-20(17-29)21(24)30;/h6,11,14,18,20H,2-5,7-10,12-13,15-17H2,1H3,(H2,24,30)(H2,25,27,28);1H. The number of primary amides is 1. The van der Waals surface area contributed by atoms with E-state index in [1.165, 1.54) is 44.9 Å². The third-order valence-corrected chi connectivity index (χ3v) is 6.47. The topological polar surface area (TPSA) is 95.6 Å². The average Bonchev–Trinajstić information content (AvgIpc) is 3.29. The molecule has 7 nitrogen and oxygen atoms in total. The van der Waals surface area contributed by atoms with Gasteiger partial charge >= 0.3 is 0 Å². The van der Waals surface area contributed by atoms with Crippen LogP contribution < -0.4 is 21.3 Å². The Morgan fingerprint density at radius 3 is 2.77 bits per heavy atom. The second kappa shape index (κ2) is 13.8. The Bertz CT molecular complexity index is 707. The summed E-state index contributed by atoms with van der Waals surface area (Å²) < 4.78 is 0. The summed E-state index contributed by atoms with van der Waals surface area (Å²) >= 11 is 0. The van der Waals surface area contributed by atoms with Gasteiger partial charge in [-0.05, 0) is 31.2 Å². The van der Waals surface area contributed by atoms with Crippen molar-refractivity contribution in [2.45, 2.75) is 64.3 Å². The highest BCUT2D eigenvalue weighted by Gasteiger charge is 2.26. The van der Waals surface area contributed by atoms with Crippen LogP contribution in [0.1, 0.15) is 63.4 Å². The molecule has 1 aliphatic carbocycles. The largest absolute Gasteiger partial charge is 0.369 e. The fraction of sp³-hybridized carbons (Fsp3) is 0.696. The number of unbranched alkanes of at least 4 members (excludes halogenated alkanes) is 1. The van der Waals surface area contributed by atoms with Crippen LogP contribution in [0, 0.1) is 11.8 Å². The van der Waals surface area contributed by atoms with E-state index >= 15 is 0 Å². The van der Waals surface area contributed by atoms with Gasteiger partial charge in [0, 0.05) is 45.0 Å². The lowest BCUT2D eigenvalue weighted by atomic mass is 9.97. The minimum Gasteiger partial charge on any atom is -0.369 e. The van der Waals surface area contributed by atoms with E-state index in [0.29, 0.717) is 13.1 Å². The maximum Gasteiger partial charge on any atom is 0.222 e. The summed E-state index contributed by atoms with van der Waals surface area (Å²) in [5.74, 6) is 2.41. The van der Waals surface area contributed by atoms with Gasteiger partial charge in [0.15, 0.2) is 5.96 Å². The van der Waals surface area contributed by atoms with E-state index in [1.54, 1.807) is 7.05 Å². The number of rotatable bonds is 9. The Labute approximate surface area is 204 Å². The molecular formula is C23H39IN6O. The van der Waals surface area contributed by atoms with Crippen molar-refractivity contribution >= 4 is 41.7 Å². The molecule has 31 heavy (non-hydrogen) atoms. The number of nitrogens with one attached hydrogen (secondary N) is 2. The molecule has 1 saturated carbocycles. The minimum absolute atomic E-state index is 0. The molecule has 3 rings (SSSR count). The molecule has 2 aliphatic rings. The Morgan fingerprint density at radius 2 is 2.03 bits per heavy atom. The second-order valence-electron chi connectivity index (χ2n) is 8.67. The fourth-order valence-electron chi connectivity index (χ4n) is 4.72. The van der Waals surface area contributed by atoms with Gasteiger partial charge in [-0.3, -0.25) is 9.79 Å². The number of hydrogen-bond acceptors (Lipinski definition) is 4. The van der Waals surface area contributed by atoms with Crippen molar-refractivity contribution < 1.29 is 4.79 Å². The lowest BCUT2D eigenvalue weighted by Gasteiger charge is -2.33. The van der Waals surface area contributed by atoms with Crippen LogP contribution in [0.25, 0.3) is 0 Å². The first kappa shape index (κ1) is 25.7. The normalized spacial score (nSPS) is 19.7. The molecule has 4 N–H and O–H groups in total. The van der Waals surface area contributed by atoms with Crippen LogP contribution >= 0.6 is 24.0 Å². The number of aromatic nitrogens is 1. The fourth-order valence-corrected chi connectivity index (χ4v) is 4.72. The number of amides is 1. The van der Waals surface area contributed by atoms with E-state index in [2.05, 4.69) is 31.6 Å². The first-order valence-electron chi connectivity index (χ1n) is 11.6. The minimum atomic E-state index is -0.215. The molecule has 1 aliphatic heterocycles. The van der Waals surface area contributed by atoms with E-state index in [1.807, 2.05) is 12.3 Å². The van der Waals surface area contributed by atoms with Crippen molar-refractivity contribution in [2.75, 3.05) is 31.6 Å².